The van der Waals surface area contributed by atoms with E-state index in [1.54, 1.807) is 37.3 Å². The lowest BCUT2D eigenvalue weighted by molar-refractivity contribution is -0.608. The molecule has 1 aromatic heterocycles. The average molecular weight is 299 g/mol. The summed E-state index contributed by atoms with van der Waals surface area (Å²) in [6, 6.07) is 2.97. The monoisotopic (exact) mass is 299 g/mol. The molecule has 114 valence electrons. The number of carbonyl (C=O) groups excluding carboxylic acids is 1. The van der Waals surface area contributed by atoms with Gasteiger partial charge in [-0.05, 0) is 18.6 Å². The van der Waals surface area contributed by atoms with Crippen LogP contribution in [0.25, 0.3) is 5.57 Å². The van der Waals surface area contributed by atoms with E-state index in [0.29, 0.717) is 29.3 Å². The summed E-state index contributed by atoms with van der Waals surface area (Å²) >= 11 is 0. The maximum absolute atomic E-state index is 12.7. The molecule has 0 N–H and O–H groups in total. The quantitative estimate of drug-likeness (QED) is 0.583. The number of ether oxygens (including phenoxy) is 1. The van der Waals surface area contributed by atoms with E-state index in [-0.39, 0.29) is 11.9 Å². The van der Waals surface area contributed by atoms with Crippen molar-refractivity contribution in [3.63, 3.8) is 0 Å². The Morgan fingerprint density at radius 1 is 1.50 bits per heavy atom. The highest BCUT2D eigenvalue weighted by molar-refractivity contribution is 6.01. The first kappa shape index (κ1) is 14.3. The molecule has 1 aromatic rings. The Morgan fingerprint density at radius 3 is 2.95 bits per heavy atom. The molecule has 0 saturated carbocycles. The fourth-order valence-corrected chi connectivity index (χ4v) is 2.90. The van der Waals surface area contributed by atoms with Gasteiger partial charge in [0, 0.05) is 18.7 Å². The van der Waals surface area contributed by atoms with E-state index < -0.39 is 0 Å². The highest BCUT2D eigenvalue weighted by Crippen LogP contribution is 2.33. The zero-order valence-corrected chi connectivity index (χ0v) is 12.7. The summed E-state index contributed by atoms with van der Waals surface area (Å²) in [5, 5.41) is 12.3. The number of allylic oxidation sites excluding steroid dienone is 1. The molecule has 3 rings (SSSR count). The number of carbonyl (C=O) groups is 1. The molecule has 3 heterocycles. The molecule has 6 heteroatoms. The maximum Gasteiger partial charge on any atom is 0.261 e. The molecule has 0 fully saturated rings. The number of aromatic nitrogens is 1. The predicted octanol–water partition coefficient (Wildman–Crippen LogP) is 1.51. The second kappa shape index (κ2) is 5.29. The van der Waals surface area contributed by atoms with E-state index in [1.807, 2.05) is 13.0 Å². The van der Waals surface area contributed by atoms with Crippen molar-refractivity contribution in [2.24, 2.45) is 4.99 Å². The molecule has 0 bridgehead atoms. The summed E-state index contributed by atoms with van der Waals surface area (Å²) in [6.07, 6.45) is 5.62. The van der Waals surface area contributed by atoms with Crippen LogP contribution in [0.1, 0.15) is 29.4 Å². The predicted molar refractivity (Wildman–Crippen MR) is 82.1 cm³/mol. The Labute approximate surface area is 128 Å². The van der Waals surface area contributed by atoms with Gasteiger partial charge in [0.1, 0.15) is 5.56 Å². The van der Waals surface area contributed by atoms with Gasteiger partial charge in [-0.1, -0.05) is 13.0 Å². The number of rotatable bonds is 1. The van der Waals surface area contributed by atoms with Gasteiger partial charge in [0.15, 0.2) is 6.20 Å². The van der Waals surface area contributed by atoms with E-state index >= 15 is 0 Å². The van der Waals surface area contributed by atoms with Crippen molar-refractivity contribution < 1.29 is 14.3 Å². The van der Waals surface area contributed by atoms with E-state index in [2.05, 4.69) is 4.99 Å². The Hall–Kier alpha value is -2.63. The minimum absolute atomic E-state index is 0.188. The normalized spacial score (nSPS) is 20.3. The molecule has 6 nitrogen and oxygen atoms in total. The van der Waals surface area contributed by atoms with Crippen LogP contribution < -0.4 is 4.73 Å². The summed E-state index contributed by atoms with van der Waals surface area (Å²) in [7, 11) is 3.26. The Kier molecular flexibility index (Phi) is 3.44. The van der Waals surface area contributed by atoms with Crippen LogP contribution in [0, 0.1) is 5.21 Å². The summed E-state index contributed by atoms with van der Waals surface area (Å²) < 4.78 is 5.94. The largest absolute Gasteiger partial charge is 0.618 e. The molecule has 2 aliphatic rings. The Bertz CT molecular complexity index is 734. The average Bonchev–Trinajstić information content (AvgIpc) is 2.63. The zero-order valence-electron chi connectivity index (χ0n) is 12.7. The molecule has 0 saturated heterocycles. The van der Waals surface area contributed by atoms with Crippen LogP contribution in [0.4, 0.5) is 0 Å². The Balaban J connectivity index is 2.34. The van der Waals surface area contributed by atoms with Gasteiger partial charge in [0.2, 0.25) is 11.6 Å². The van der Waals surface area contributed by atoms with Gasteiger partial charge in [-0.15, -0.1) is 0 Å². The van der Waals surface area contributed by atoms with Gasteiger partial charge in [0.05, 0.1) is 18.8 Å². The van der Waals surface area contributed by atoms with Crippen molar-refractivity contribution >= 4 is 17.4 Å². The molecule has 1 unspecified atom stereocenters. The molecule has 0 spiro atoms. The van der Waals surface area contributed by atoms with Crippen molar-refractivity contribution in [2.45, 2.75) is 19.4 Å². The Morgan fingerprint density at radius 2 is 2.27 bits per heavy atom. The van der Waals surface area contributed by atoms with Crippen molar-refractivity contribution in [3.8, 4) is 0 Å². The van der Waals surface area contributed by atoms with Crippen LogP contribution >= 0.6 is 0 Å². The highest BCUT2D eigenvalue weighted by Gasteiger charge is 2.36. The molecular formula is C16H17N3O3. The highest BCUT2D eigenvalue weighted by atomic mass is 16.5. The topological polar surface area (TPSA) is 68.8 Å². The van der Waals surface area contributed by atoms with E-state index in [9.17, 15) is 10.0 Å². The van der Waals surface area contributed by atoms with Crippen LogP contribution in [0.2, 0.25) is 0 Å². The first-order valence-electron chi connectivity index (χ1n) is 7.12. The number of aliphatic imine (C=N–C) groups is 1. The van der Waals surface area contributed by atoms with Crippen LogP contribution in [-0.4, -0.2) is 36.9 Å². The first-order chi connectivity index (χ1) is 10.6. The third kappa shape index (κ3) is 1.99. The van der Waals surface area contributed by atoms with Crippen molar-refractivity contribution in [1.29, 1.82) is 0 Å². The molecule has 0 radical (unpaired) electrons. The van der Waals surface area contributed by atoms with Crippen LogP contribution in [0.5, 0.6) is 0 Å². The van der Waals surface area contributed by atoms with Gasteiger partial charge in [-0.25, -0.2) is 4.99 Å². The number of dihydropyridines is 1. The van der Waals surface area contributed by atoms with Gasteiger partial charge in [-0.3, -0.25) is 4.79 Å². The maximum atomic E-state index is 12.7. The van der Waals surface area contributed by atoms with Crippen molar-refractivity contribution in [3.05, 3.63) is 52.6 Å². The fraction of sp³-hybridized carbons (Fsp3) is 0.312. The van der Waals surface area contributed by atoms with Gasteiger partial charge < -0.3 is 14.8 Å². The molecule has 22 heavy (non-hydrogen) atoms. The van der Waals surface area contributed by atoms with Crippen molar-refractivity contribution in [2.75, 3.05) is 14.2 Å². The lowest BCUT2D eigenvalue weighted by atomic mass is 9.99. The number of amides is 1. The van der Waals surface area contributed by atoms with E-state index in [4.69, 9.17) is 4.74 Å². The number of hydrogen-bond donors (Lipinski definition) is 0. The number of hydrogen-bond acceptors (Lipinski definition) is 4. The number of likely N-dealkylation sites (N-methyl/N-ethyl adjacent to an activating group) is 1. The molecule has 1 amide bonds. The third-order valence-corrected chi connectivity index (χ3v) is 4.02. The fourth-order valence-electron chi connectivity index (χ4n) is 2.90. The lowest BCUT2D eigenvalue weighted by Crippen LogP contribution is -2.38. The second-order valence-corrected chi connectivity index (χ2v) is 5.19. The first-order valence-corrected chi connectivity index (χ1v) is 7.12. The smallest absolute Gasteiger partial charge is 0.261 e. The van der Waals surface area contributed by atoms with Crippen LogP contribution in [0.3, 0.4) is 0 Å². The molecule has 1 atom stereocenters. The van der Waals surface area contributed by atoms with E-state index in [0.717, 1.165) is 10.3 Å². The minimum atomic E-state index is -0.297. The van der Waals surface area contributed by atoms with Crippen LogP contribution in [-0.2, 0) is 4.74 Å². The standard InChI is InChI=1S/C16H17N3O3/c1-4-10-14-12(7-8-13(17-14)22-3)18(2)16(20)11-6-5-9-19(21)15(10)11/h5-9,12H,4H2,1-3H3. The SMILES string of the molecule is CCC1=C2N=C(OC)C=CC2N(C)C(=O)c2ccc[n+]([O-])c21. The third-order valence-electron chi connectivity index (χ3n) is 4.02. The van der Waals surface area contributed by atoms with Gasteiger partial charge in [0.25, 0.3) is 5.91 Å². The second-order valence-electron chi connectivity index (χ2n) is 5.19. The van der Waals surface area contributed by atoms with Crippen LogP contribution in [0.15, 0.2) is 41.2 Å². The lowest BCUT2D eigenvalue weighted by Gasteiger charge is -2.26. The summed E-state index contributed by atoms with van der Waals surface area (Å²) in [5.74, 6) is 0.279. The van der Waals surface area contributed by atoms with Gasteiger partial charge >= 0.3 is 0 Å². The number of nitrogens with zero attached hydrogens (tertiary/aromatic N) is 3. The van der Waals surface area contributed by atoms with E-state index in [1.165, 1.54) is 6.20 Å². The summed E-state index contributed by atoms with van der Waals surface area (Å²) in [6.45, 7) is 1.95. The molecule has 0 aromatic carbocycles. The number of fused-ring (bicyclic) bond motifs is 2. The molecule has 0 aliphatic carbocycles. The summed E-state index contributed by atoms with van der Waals surface area (Å²) in [4.78, 5) is 18.8. The molecular weight excluding hydrogens is 282 g/mol. The van der Waals surface area contributed by atoms with Crippen molar-refractivity contribution in [1.82, 2.24) is 4.90 Å². The zero-order chi connectivity index (χ0) is 15.9. The minimum Gasteiger partial charge on any atom is -0.618 e. The molecule has 2 aliphatic heterocycles. The number of methoxy groups -OCH3 is 1. The number of pyridine rings is 1. The summed E-state index contributed by atoms with van der Waals surface area (Å²) in [5.41, 5.74) is 2.25. The van der Waals surface area contributed by atoms with Gasteiger partial charge in [-0.2, -0.15) is 4.73 Å².